The van der Waals surface area contributed by atoms with Gasteiger partial charge in [-0.15, -0.1) is 0 Å². The number of nitrogens with zero attached hydrogens (tertiary/aromatic N) is 1. The Morgan fingerprint density at radius 3 is 0.962 bits per heavy atom. The van der Waals surface area contributed by atoms with Crippen LogP contribution in [0.4, 0.5) is 45.5 Å². The number of aromatic nitrogens is 1. The number of para-hydroxylation sites is 5. The van der Waals surface area contributed by atoms with Crippen molar-refractivity contribution in [2.45, 2.75) is 24.7 Å². The van der Waals surface area contributed by atoms with E-state index < -0.39 is 0 Å². The highest BCUT2D eigenvalue weighted by atomic mass is 15.0. The molecule has 0 fully saturated rings. The molecule has 1 aromatic heterocycles. The summed E-state index contributed by atoms with van der Waals surface area (Å²) in [5.74, 6) is 0. The molecule has 20 rings (SSSR count). The smallest absolute Gasteiger partial charge is 0.0726 e. The molecule has 0 saturated heterocycles. The molecule has 0 saturated carbocycles. The third-order valence-corrected chi connectivity index (χ3v) is 20.7. The van der Waals surface area contributed by atoms with Crippen molar-refractivity contribution in [3.05, 3.63) is 440 Å². The molecule has 5 nitrogen and oxygen atoms in total. The number of rotatable bonds is 11. The van der Waals surface area contributed by atoms with Gasteiger partial charge in [-0.05, 0) is 210 Å². The molecular weight excluding hydrogens is 1270 g/mol. The fourth-order valence-corrected chi connectivity index (χ4v) is 15.8. The molecule has 1 heterocycles. The van der Waals surface area contributed by atoms with Gasteiger partial charge in [-0.1, -0.05) is 299 Å². The summed E-state index contributed by atoms with van der Waals surface area (Å²) in [6, 6.07) is 144. The average Bonchev–Trinajstić information content (AvgIpc) is 1.51. The molecule has 16 aromatic carbocycles. The highest BCUT2D eigenvalue weighted by Gasteiger charge is 2.51. The van der Waals surface area contributed by atoms with Gasteiger partial charge in [0.1, 0.15) is 0 Å². The molecule has 0 aliphatic heterocycles. The summed E-state index contributed by atoms with van der Waals surface area (Å²) in [6.45, 7) is 4.62. The number of benzene rings is 16. The van der Waals surface area contributed by atoms with Crippen molar-refractivity contribution < 1.29 is 0 Å². The summed E-state index contributed by atoms with van der Waals surface area (Å²) in [6.07, 6.45) is 0. The lowest BCUT2D eigenvalue weighted by Crippen LogP contribution is -2.25. The Hall–Kier alpha value is -13.5. The Morgan fingerprint density at radius 2 is 0.495 bits per heavy atom. The topological polar surface area (TPSA) is 53.0 Å². The van der Waals surface area contributed by atoms with Crippen LogP contribution < -0.4 is 21.3 Å². The quantitative estimate of drug-likeness (QED) is 0.104. The fourth-order valence-electron chi connectivity index (χ4n) is 15.8. The van der Waals surface area contributed by atoms with E-state index in [9.17, 15) is 0 Å². The number of hydrogen-bond acceptors (Lipinski definition) is 4. The van der Waals surface area contributed by atoms with Gasteiger partial charge in [0, 0.05) is 67.4 Å². The van der Waals surface area contributed by atoms with Gasteiger partial charge in [0.05, 0.1) is 16.4 Å². The van der Waals surface area contributed by atoms with Crippen molar-refractivity contribution in [2.75, 3.05) is 21.3 Å². The third-order valence-electron chi connectivity index (χ3n) is 20.7. The maximum atomic E-state index is 3.61. The van der Waals surface area contributed by atoms with Crippen molar-refractivity contribution in [1.29, 1.82) is 0 Å². The van der Waals surface area contributed by atoms with E-state index in [2.05, 4.69) is 404 Å². The van der Waals surface area contributed by atoms with Gasteiger partial charge in [0.2, 0.25) is 0 Å². The van der Waals surface area contributed by atoms with Crippen molar-refractivity contribution in [3.63, 3.8) is 0 Å². The number of hydrogen-bond donors (Lipinski definition) is 4. The molecule has 3 aliphatic rings. The lowest BCUT2D eigenvalue weighted by Gasteiger charge is -2.30. The van der Waals surface area contributed by atoms with E-state index in [0.717, 1.165) is 45.5 Å². The number of nitrogens with one attached hydrogen (secondary N) is 4. The molecule has 502 valence electrons. The molecule has 0 amide bonds. The summed E-state index contributed by atoms with van der Waals surface area (Å²) in [7, 11) is 0. The van der Waals surface area contributed by atoms with Crippen LogP contribution in [0.2, 0.25) is 0 Å². The van der Waals surface area contributed by atoms with Crippen LogP contribution in [0, 0.1) is 0 Å². The second-order valence-corrected chi connectivity index (χ2v) is 27.5. The minimum Gasteiger partial charge on any atom is -0.356 e. The summed E-state index contributed by atoms with van der Waals surface area (Å²) < 4.78 is 2.33. The van der Waals surface area contributed by atoms with Gasteiger partial charge in [-0.25, -0.2) is 0 Å². The molecular formula is C100H77N5. The minimum atomic E-state index is -0.284. The monoisotopic (exact) mass is 1350 g/mol. The Bertz CT molecular complexity index is 5750. The summed E-state index contributed by atoms with van der Waals surface area (Å²) >= 11 is 0. The summed E-state index contributed by atoms with van der Waals surface area (Å²) in [5.41, 5.74) is 33.6. The van der Waals surface area contributed by atoms with Gasteiger partial charge >= 0.3 is 0 Å². The molecule has 3 aliphatic carbocycles. The highest BCUT2D eigenvalue weighted by Crippen LogP contribution is 2.63. The van der Waals surface area contributed by atoms with Crippen LogP contribution in [0.15, 0.2) is 406 Å². The lowest BCUT2D eigenvalue weighted by molar-refractivity contribution is 0.660. The van der Waals surface area contributed by atoms with Gasteiger partial charge < -0.3 is 25.8 Å². The number of fused-ring (bicyclic) bond motifs is 16. The van der Waals surface area contributed by atoms with Gasteiger partial charge in [0.15, 0.2) is 0 Å². The third kappa shape index (κ3) is 12.7. The first kappa shape index (κ1) is 64.9. The second kappa shape index (κ2) is 28.5. The first-order valence-corrected chi connectivity index (χ1v) is 36.1. The van der Waals surface area contributed by atoms with E-state index >= 15 is 0 Å². The van der Waals surface area contributed by atoms with Crippen LogP contribution in [0.1, 0.15) is 47.2 Å². The average molecular weight is 1350 g/mol. The maximum absolute atomic E-state index is 3.61. The molecule has 5 heteroatoms. The number of anilines is 8. The van der Waals surface area contributed by atoms with Gasteiger partial charge in [-0.3, -0.25) is 0 Å². The lowest BCUT2D eigenvalue weighted by atomic mass is 9.70. The fraction of sp³-hybridized carbons (Fsp3) is 0.0400. The molecule has 4 N–H and O–H groups in total. The van der Waals surface area contributed by atoms with Crippen LogP contribution >= 0.6 is 0 Å². The van der Waals surface area contributed by atoms with Crippen LogP contribution in [0.25, 0.3) is 83.1 Å². The first-order valence-electron chi connectivity index (χ1n) is 36.1. The predicted octanol–water partition coefficient (Wildman–Crippen LogP) is 26.8. The standard InChI is InChI=1S/C31H21N.C24H18N2.C24H19N.C21H19N/c1-2-10-21(11-3-1)32-22-18-19-26-25-14-6-9-17-29(25)31(30(26)20-22)27-15-7-4-12-23(27)24-13-5-8-16-28(24)31;1-3-9-18(10-4-1)25-19-15-16-24-22(17-19)21-13-7-8-14-23(21)26(24)20-11-5-2-6-12-20;1-3-7-19(8-4-1)21-11-15-23(16-12-21)25-24-17-13-22(14-18-24)20-9-5-2-6-10-20;1-21(2)19-11-7-6-10-17(19)18-13-12-16(14-20(18)21)22-15-8-4-3-5-9-15/h1-20,32H;1-17,25H;1-18,25H;3-14,22H,1-2H3. The Kier molecular flexibility index (Phi) is 17.6. The predicted molar refractivity (Wildman–Crippen MR) is 444 cm³/mol. The first-order chi connectivity index (χ1) is 51.8. The maximum Gasteiger partial charge on any atom is 0.0726 e. The van der Waals surface area contributed by atoms with Crippen molar-refractivity contribution in [1.82, 2.24) is 4.57 Å². The molecule has 0 unspecified atom stereocenters. The Morgan fingerprint density at radius 1 is 0.200 bits per heavy atom. The molecule has 1 spiro atoms. The van der Waals surface area contributed by atoms with Crippen LogP contribution in [0.3, 0.4) is 0 Å². The summed E-state index contributed by atoms with van der Waals surface area (Å²) in [4.78, 5) is 0. The SMILES string of the molecule is CC1(C)c2ccccc2-c2ccc(Nc3ccccc3)cc21.c1ccc(-c2ccc(Nc3ccc(-c4ccccc4)cc3)cc2)cc1.c1ccc(Nc2ccc3c(c2)C2(c4ccccc4-c4ccccc42)c2ccccc2-3)cc1.c1ccc(Nc2ccc3c(c2)c2ccccc2n3-c2ccccc2)cc1. The molecule has 105 heavy (non-hydrogen) atoms. The van der Waals surface area contributed by atoms with Gasteiger partial charge in [-0.2, -0.15) is 0 Å². The summed E-state index contributed by atoms with van der Waals surface area (Å²) in [5, 5.41) is 16.6. The molecule has 0 bridgehead atoms. The van der Waals surface area contributed by atoms with E-state index in [-0.39, 0.29) is 10.8 Å². The largest absolute Gasteiger partial charge is 0.356 e. The minimum absolute atomic E-state index is 0.0559. The zero-order valence-corrected chi connectivity index (χ0v) is 58.6. The Labute approximate surface area is 615 Å². The van der Waals surface area contributed by atoms with Crippen LogP contribution in [-0.2, 0) is 10.8 Å². The zero-order valence-electron chi connectivity index (χ0n) is 58.6. The van der Waals surface area contributed by atoms with E-state index in [0.29, 0.717) is 0 Å². The van der Waals surface area contributed by atoms with Gasteiger partial charge in [0.25, 0.3) is 0 Å². The van der Waals surface area contributed by atoms with Crippen LogP contribution in [-0.4, -0.2) is 4.57 Å². The highest BCUT2D eigenvalue weighted by molar-refractivity contribution is 6.10. The van der Waals surface area contributed by atoms with Crippen molar-refractivity contribution in [3.8, 4) is 61.3 Å². The molecule has 0 radical (unpaired) electrons. The molecule has 17 aromatic rings. The molecule has 0 atom stereocenters. The zero-order chi connectivity index (χ0) is 70.5. The van der Waals surface area contributed by atoms with E-state index in [1.807, 2.05) is 42.5 Å². The Balaban J connectivity index is 0.000000104. The van der Waals surface area contributed by atoms with E-state index in [1.165, 1.54) is 117 Å². The van der Waals surface area contributed by atoms with E-state index in [4.69, 9.17) is 0 Å². The van der Waals surface area contributed by atoms with Crippen molar-refractivity contribution >= 4 is 67.3 Å². The second-order valence-electron chi connectivity index (χ2n) is 27.5. The normalized spacial score (nSPS) is 12.4. The van der Waals surface area contributed by atoms with E-state index in [1.54, 1.807) is 0 Å². The van der Waals surface area contributed by atoms with Crippen LogP contribution in [0.5, 0.6) is 0 Å². The van der Waals surface area contributed by atoms with Crippen molar-refractivity contribution in [2.24, 2.45) is 0 Å².